The summed E-state index contributed by atoms with van der Waals surface area (Å²) in [6.07, 6.45) is 2.13. The van der Waals surface area contributed by atoms with Crippen LogP contribution in [0.3, 0.4) is 0 Å². The number of sulfonamides is 1. The molecule has 3 rings (SSSR count). The predicted octanol–water partition coefficient (Wildman–Crippen LogP) is 1.19. The number of fused-ring (bicyclic) bond motifs is 1. The van der Waals surface area contributed by atoms with E-state index in [2.05, 4.69) is 25.1 Å². The molecule has 2 aromatic heterocycles. The number of aryl methyl sites for hydroxylation is 1. The Balaban J connectivity index is 1.97. The quantitative estimate of drug-likeness (QED) is 0.549. The van der Waals surface area contributed by atoms with Crippen molar-refractivity contribution in [2.24, 2.45) is 7.05 Å². The van der Waals surface area contributed by atoms with Crippen LogP contribution in [0, 0.1) is 0 Å². The lowest BCUT2D eigenvalue weighted by Crippen LogP contribution is -2.25. The fourth-order valence-corrected chi connectivity index (χ4v) is 3.35. The van der Waals surface area contributed by atoms with E-state index in [4.69, 9.17) is 9.47 Å². The summed E-state index contributed by atoms with van der Waals surface area (Å²) < 4.78 is 39.4. The van der Waals surface area contributed by atoms with E-state index in [1.165, 1.54) is 31.3 Å². The van der Waals surface area contributed by atoms with Gasteiger partial charge < -0.3 is 14.8 Å². The summed E-state index contributed by atoms with van der Waals surface area (Å²) in [5, 5.41) is 6.91. The number of nitrogens with one attached hydrogen (secondary N) is 2. The van der Waals surface area contributed by atoms with E-state index >= 15 is 0 Å². The van der Waals surface area contributed by atoms with Crippen LogP contribution in [0.2, 0.25) is 0 Å². The largest absolute Gasteiger partial charge is 0.362 e. The molecule has 0 amide bonds. The summed E-state index contributed by atoms with van der Waals surface area (Å²) in [4.78, 5) is 8.89. The van der Waals surface area contributed by atoms with Crippen LogP contribution in [0.1, 0.15) is 0 Å². The first kappa shape index (κ1) is 19.0. The summed E-state index contributed by atoms with van der Waals surface area (Å²) in [6.45, 7) is 0.252. The topological polar surface area (TPSA) is 120 Å². The lowest BCUT2D eigenvalue weighted by Gasteiger charge is -2.17. The lowest BCUT2D eigenvalue weighted by molar-refractivity contribution is -0.0914. The molecule has 0 saturated heterocycles. The molecule has 0 bridgehead atoms. The number of nitrogens with zero attached hydrogens (tertiary/aromatic N) is 4. The molecule has 0 spiro atoms. The number of aromatic nitrogens is 4. The molecule has 0 aliphatic carbocycles. The normalized spacial score (nSPS) is 11.9. The molecule has 0 radical (unpaired) electrons. The molecule has 2 heterocycles. The lowest BCUT2D eigenvalue weighted by atomic mass is 10.3. The Morgan fingerprint density at radius 1 is 1.11 bits per heavy atom. The van der Waals surface area contributed by atoms with Gasteiger partial charge >= 0.3 is 0 Å². The Hall–Kier alpha value is -2.76. The molecule has 0 aliphatic heterocycles. The highest BCUT2D eigenvalue weighted by molar-refractivity contribution is 7.92. The van der Waals surface area contributed by atoms with Gasteiger partial charge in [0.15, 0.2) is 17.9 Å². The molecule has 0 atom stereocenters. The van der Waals surface area contributed by atoms with E-state index in [9.17, 15) is 8.42 Å². The van der Waals surface area contributed by atoms with Gasteiger partial charge in [-0.15, -0.1) is 0 Å². The molecular formula is C16H20N6O4S. The molecule has 1 aromatic carbocycles. The van der Waals surface area contributed by atoms with Gasteiger partial charge in [0.05, 0.1) is 23.8 Å². The maximum atomic E-state index is 12.6. The van der Waals surface area contributed by atoms with Gasteiger partial charge in [-0.25, -0.2) is 18.4 Å². The van der Waals surface area contributed by atoms with Gasteiger partial charge in [0, 0.05) is 27.5 Å². The number of benzene rings is 1. The second kappa shape index (κ2) is 7.86. The minimum absolute atomic E-state index is 0.0255. The zero-order chi connectivity index (χ0) is 19.4. The summed E-state index contributed by atoms with van der Waals surface area (Å²) >= 11 is 0. The number of hydrogen-bond acceptors (Lipinski definition) is 8. The van der Waals surface area contributed by atoms with Gasteiger partial charge in [-0.05, 0) is 12.1 Å². The first-order chi connectivity index (χ1) is 12.9. The molecule has 0 aliphatic rings. The van der Waals surface area contributed by atoms with Crippen LogP contribution in [-0.2, 0) is 26.5 Å². The zero-order valence-corrected chi connectivity index (χ0v) is 15.9. The van der Waals surface area contributed by atoms with Crippen molar-refractivity contribution in [3.05, 3.63) is 36.7 Å². The number of ether oxygens (including phenoxy) is 2. The van der Waals surface area contributed by atoms with Gasteiger partial charge in [0.1, 0.15) is 4.90 Å². The molecular weight excluding hydrogens is 372 g/mol. The van der Waals surface area contributed by atoms with Crippen molar-refractivity contribution in [1.82, 2.24) is 19.7 Å². The molecule has 27 heavy (non-hydrogen) atoms. The molecule has 2 N–H and O–H groups in total. The predicted molar refractivity (Wildman–Crippen MR) is 99.9 cm³/mol. The van der Waals surface area contributed by atoms with Crippen molar-refractivity contribution in [2.75, 3.05) is 30.8 Å². The van der Waals surface area contributed by atoms with Gasteiger partial charge in [-0.3, -0.25) is 9.40 Å². The van der Waals surface area contributed by atoms with E-state index in [1.54, 1.807) is 25.2 Å². The Bertz CT molecular complexity index is 1030. The van der Waals surface area contributed by atoms with Crippen molar-refractivity contribution < 1.29 is 17.9 Å². The fraction of sp³-hybridized carbons (Fsp3) is 0.312. The van der Waals surface area contributed by atoms with Crippen LogP contribution >= 0.6 is 0 Å². The van der Waals surface area contributed by atoms with Crippen molar-refractivity contribution in [2.45, 2.75) is 11.2 Å². The first-order valence-corrected chi connectivity index (χ1v) is 9.49. The van der Waals surface area contributed by atoms with E-state index in [-0.39, 0.29) is 23.1 Å². The Morgan fingerprint density at radius 2 is 1.74 bits per heavy atom. The Morgan fingerprint density at radius 3 is 2.30 bits per heavy atom. The maximum Gasteiger partial charge on any atom is 0.266 e. The van der Waals surface area contributed by atoms with E-state index in [0.29, 0.717) is 11.0 Å². The van der Waals surface area contributed by atoms with E-state index < -0.39 is 16.3 Å². The summed E-state index contributed by atoms with van der Waals surface area (Å²) in [5.74, 6) is 0.337. The summed E-state index contributed by atoms with van der Waals surface area (Å²) in [7, 11) is 0.780. The molecule has 10 nitrogen and oxygen atoms in total. The van der Waals surface area contributed by atoms with Gasteiger partial charge in [0.2, 0.25) is 0 Å². The minimum Gasteiger partial charge on any atom is -0.362 e. The van der Waals surface area contributed by atoms with Crippen LogP contribution in [0.25, 0.3) is 11.0 Å². The maximum absolute atomic E-state index is 12.6. The molecule has 3 aromatic rings. The number of rotatable bonds is 8. The van der Waals surface area contributed by atoms with Gasteiger partial charge in [0.25, 0.3) is 10.0 Å². The Kier molecular flexibility index (Phi) is 5.54. The standard InChI is InChI=1S/C16H20N6O4S/c1-22-10-11(8-18-22)27(23,24)21-16-15(17-9-14(25-2)26-3)19-12-6-4-5-7-13(12)20-16/h4-8,10,14H,9H2,1-3H3,(H,17,19)(H,20,21). The molecule has 0 saturated carbocycles. The van der Waals surface area contributed by atoms with Crippen molar-refractivity contribution >= 4 is 32.7 Å². The number of methoxy groups -OCH3 is 2. The van der Waals surface area contributed by atoms with Gasteiger partial charge in [-0.2, -0.15) is 5.10 Å². The van der Waals surface area contributed by atoms with Gasteiger partial charge in [-0.1, -0.05) is 12.1 Å². The number of anilines is 2. The molecule has 0 unspecified atom stereocenters. The SMILES string of the molecule is COC(CNc1nc2ccccc2nc1NS(=O)(=O)c1cnn(C)c1)OC. The smallest absolute Gasteiger partial charge is 0.266 e. The highest BCUT2D eigenvalue weighted by Gasteiger charge is 2.20. The fourth-order valence-electron chi connectivity index (χ4n) is 2.36. The van der Waals surface area contributed by atoms with Crippen molar-refractivity contribution in [1.29, 1.82) is 0 Å². The Labute approximate surface area is 156 Å². The van der Waals surface area contributed by atoms with Crippen LogP contribution in [0.15, 0.2) is 41.6 Å². The van der Waals surface area contributed by atoms with Crippen LogP contribution in [-0.4, -0.2) is 55.2 Å². The van der Waals surface area contributed by atoms with E-state index in [1.807, 2.05) is 6.07 Å². The highest BCUT2D eigenvalue weighted by Crippen LogP contribution is 2.24. The van der Waals surface area contributed by atoms with E-state index in [0.717, 1.165) is 0 Å². The van der Waals surface area contributed by atoms with Crippen molar-refractivity contribution in [3.63, 3.8) is 0 Å². The highest BCUT2D eigenvalue weighted by atomic mass is 32.2. The average Bonchev–Trinajstić information content (AvgIpc) is 3.10. The second-order valence-corrected chi connectivity index (χ2v) is 7.33. The minimum atomic E-state index is -3.87. The van der Waals surface area contributed by atoms with Crippen molar-refractivity contribution in [3.8, 4) is 0 Å². The van der Waals surface area contributed by atoms with Crippen LogP contribution in [0.5, 0.6) is 0 Å². The first-order valence-electron chi connectivity index (χ1n) is 8.00. The summed E-state index contributed by atoms with van der Waals surface area (Å²) in [6, 6.07) is 7.17. The third kappa shape index (κ3) is 4.32. The molecule has 11 heteroatoms. The third-order valence-electron chi connectivity index (χ3n) is 3.76. The second-order valence-electron chi connectivity index (χ2n) is 5.65. The molecule has 144 valence electrons. The number of para-hydroxylation sites is 2. The van der Waals surface area contributed by atoms with Crippen LogP contribution in [0.4, 0.5) is 11.6 Å². The number of hydrogen-bond donors (Lipinski definition) is 2. The zero-order valence-electron chi connectivity index (χ0n) is 15.1. The monoisotopic (exact) mass is 392 g/mol. The van der Waals surface area contributed by atoms with Crippen LogP contribution < -0.4 is 10.0 Å². The third-order valence-corrected chi connectivity index (χ3v) is 5.05. The molecule has 0 fully saturated rings. The average molecular weight is 392 g/mol. The summed E-state index contributed by atoms with van der Waals surface area (Å²) in [5.41, 5.74) is 1.18.